The van der Waals surface area contributed by atoms with Gasteiger partial charge in [0.2, 0.25) is 9.23 Å². The van der Waals surface area contributed by atoms with Crippen molar-refractivity contribution in [1.29, 1.82) is 0 Å². The van der Waals surface area contributed by atoms with Crippen LogP contribution >= 0.6 is 79.4 Å². The van der Waals surface area contributed by atoms with Gasteiger partial charge in [0.05, 0.1) is 32.8 Å². The molecule has 0 atom stereocenters. The lowest BCUT2D eigenvalue weighted by Gasteiger charge is -2.13. The zero-order valence-corrected chi connectivity index (χ0v) is 38.3. The van der Waals surface area contributed by atoms with Crippen LogP contribution in [-0.4, -0.2) is 40.1 Å². The Balaban J connectivity index is 0.000000191. The van der Waals surface area contributed by atoms with E-state index in [0.717, 1.165) is 77.7 Å². The molecule has 0 unspecified atom stereocenters. The Morgan fingerprint density at radius 3 is 1.35 bits per heavy atom. The van der Waals surface area contributed by atoms with Crippen LogP contribution in [0.25, 0.3) is 34.7 Å². The molecular formula is C44H33Cl7F2N4O4S. The van der Waals surface area contributed by atoms with Crippen molar-refractivity contribution in [2.24, 2.45) is 0 Å². The highest BCUT2D eigenvalue weighted by Gasteiger charge is 2.29. The fraction of sp³-hybridized carbons (Fsp3) is 0.182. The molecule has 2 aliphatic rings. The summed E-state index contributed by atoms with van der Waals surface area (Å²) in [6, 6.07) is 22.6. The summed E-state index contributed by atoms with van der Waals surface area (Å²) in [5, 5.41) is 19.8. The van der Waals surface area contributed by atoms with Crippen LogP contribution in [0.15, 0.2) is 84.9 Å². The molecule has 0 radical (unpaired) electrons. The van der Waals surface area contributed by atoms with E-state index in [-0.39, 0.29) is 23.0 Å². The first-order valence-corrected chi connectivity index (χ1v) is 23.6. The number of nitrogens with zero attached hydrogens (tertiary/aromatic N) is 4. The second-order valence-corrected chi connectivity index (χ2v) is 18.5. The lowest BCUT2D eigenvalue weighted by molar-refractivity contribution is 0.0688. The number of carboxylic acids is 1. The average Bonchev–Trinajstić information content (AvgIpc) is 3.62. The van der Waals surface area contributed by atoms with Crippen LogP contribution in [0.3, 0.4) is 0 Å². The molecule has 322 valence electrons. The van der Waals surface area contributed by atoms with Gasteiger partial charge in [-0.25, -0.2) is 27.1 Å². The maximum atomic E-state index is 13.3. The van der Waals surface area contributed by atoms with Gasteiger partial charge in [0, 0.05) is 42.5 Å². The van der Waals surface area contributed by atoms with E-state index in [9.17, 15) is 23.5 Å². The molecule has 8 nitrogen and oxygen atoms in total. The molecule has 2 aromatic heterocycles. The van der Waals surface area contributed by atoms with E-state index in [1.54, 1.807) is 70.0 Å². The fourth-order valence-corrected chi connectivity index (χ4v) is 8.42. The first kappa shape index (κ1) is 47.4. The zero-order valence-electron chi connectivity index (χ0n) is 32.2. The summed E-state index contributed by atoms with van der Waals surface area (Å²) in [6.45, 7) is 0. The number of benzene rings is 4. The van der Waals surface area contributed by atoms with Crippen LogP contribution in [0.4, 0.5) is 8.78 Å². The Morgan fingerprint density at radius 2 is 0.984 bits per heavy atom. The summed E-state index contributed by atoms with van der Waals surface area (Å²) in [4.78, 5) is 24.0. The van der Waals surface area contributed by atoms with E-state index in [1.807, 2.05) is 12.2 Å². The maximum Gasteiger partial charge on any atom is 0.356 e. The van der Waals surface area contributed by atoms with Crippen molar-refractivity contribution in [2.45, 2.75) is 51.4 Å². The number of halogens is 9. The van der Waals surface area contributed by atoms with E-state index in [2.05, 4.69) is 31.6 Å². The summed E-state index contributed by atoms with van der Waals surface area (Å²) in [7, 11) is 7.36. The molecule has 62 heavy (non-hydrogen) atoms. The number of hydrogen-bond donors (Lipinski definition) is 1. The predicted molar refractivity (Wildman–Crippen MR) is 248 cm³/mol. The summed E-state index contributed by atoms with van der Waals surface area (Å²) in [6.07, 6.45) is 10.4. The van der Waals surface area contributed by atoms with E-state index < -0.39 is 20.4 Å². The highest BCUT2D eigenvalue weighted by molar-refractivity contribution is 8.26. The lowest BCUT2D eigenvalue weighted by Crippen LogP contribution is -2.04. The number of rotatable bonds is 6. The first-order chi connectivity index (χ1) is 29.6. The Morgan fingerprint density at radius 1 is 0.613 bits per heavy atom. The second kappa shape index (κ2) is 21.6. The molecule has 2 aliphatic carbocycles. The number of carbonyl (C=O) groups excluding carboxylic acids is 1. The number of fused-ring (bicyclic) bond motifs is 2. The van der Waals surface area contributed by atoms with Crippen LogP contribution in [0.1, 0.15) is 93.1 Å². The van der Waals surface area contributed by atoms with Crippen molar-refractivity contribution in [3.8, 4) is 11.4 Å². The monoisotopic (exact) mass is 996 g/mol. The van der Waals surface area contributed by atoms with Crippen molar-refractivity contribution >= 4 is 123 Å². The van der Waals surface area contributed by atoms with Gasteiger partial charge in [0.25, 0.3) is 5.24 Å². The highest BCUT2D eigenvalue weighted by atomic mass is 36.0. The predicted octanol–water partition coefficient (Wildman–Crippen LogP) is 14.3. The molecular weight excluding hydrogens is 967 g/mol. The molecule has 0 bridgehead atoms. The first-order valence-electron chi connectivity index (χ1n) is 18.9. The molecule has 0 amide bonds. The minimum absolute atomic E-state index is 0.0259. The van der Waals surface area contributed by atoms with Gasteiger partial charge < -0.3 is 5.11 Å². The van der Waals surface area contributed by atoms with E-state index >= 15 is 0 Å². The molecule has 0 saturated carbocycles. The summed E-state index contributed by atoms with van der Waals surface area (Å²) < 4.78 is 39.0. The lowest BCUT2D eigenvalue weighted by atomic mass is 10.0. The molecule has 0 saturated heterocycles. The number of allylic oxidation sites excluding steroid dienone is 2. The number of carboxylic acid groups (broad SMARTS) is 1. The van der Waals surface area contributed by atoms with Gasteiger partial charge in [-0.1, -0.05) is 70.7 Å². The molecule has 4 aromatic carbocycles. The minimum atomic E-state index is -1.67. The Kier molecular flexibility index (Phi) is 16.5. The van der Waals surface area contributed by atoms with Gasteiger partial charge >= 0.3 is 5.97 Å². The third-order valence-corrected chi connectivity index (χ3v) is 11.2. The topological polar surface area (TPSA) is 107 Å². The number of hydrogen-bond acceptors (Lipinski definition) is 5. The number of aromatic nitrogens is 4. The maximum absolute atomic E-state index is 13.3. The van der Waals surface area contributed by atoms with Crippen LogP contribution in [0, 0.1) is 11.6 Å². The van der Waals surface area contributed by atoms with Crippen LogP contribution in [0.5, 0.6) is 0 Å². The Hall–Kier alpha value is -4.04. The van der Waals surface area contributed by atoms with E-state index in [1.165, 1.54) is 24.3 Å². The molecule has 2 heterocycles. The standard InChI is InChI=1S/C22H16Cl3FN2O.C22H17Cl2FN2O2.Cl2OS/c23-15-7-10-19(18(24)12-15)28-21-14(11-13-5-8-16(26)9-6-13)3-1-2-4-17(21)20(27-28)22(25)29;23-15-7-10-19(18(24)12-15)27-21-14(11-13-5-8-16(25)9-6-13)3-1-2-4-17(21)20(26-27)22(28)29;1-4(2)3/h5-12H,1-4H2;5-12H,1-4H2,(H,28,29);/b2*14-11+;. The van der Waals surface area contributed by atoms with Crippen molar-refractivity contribution in [2.75, 3.05) is 0 Å². The van der Waals surface area contributed by atoms with Crippen LogP contribution < -0.4 is 0 Å². The van der Waals surface area contributed by atoms with Gasteiger partial charge in [-0.2, -0.15) is 10.2 Å². The summed E-state index contributed by atoms with van der Waals surface area (Å²) >= 11 is 30.8. The second-order valence-electron chi connectivity index (χ2n) is 14.0. The fourth-order valence-electron chi connectivity index (χ4n) is 7.29. The van der Waals surface area contributed by atoms with Gasteiger partial charge in [0.15, 0.2) is 5.69 Å². The SMILES string of the molecule is O=C(Cl)c1nn(-c2ccc(Cl)cc2Cl)c2c1CCCC/C2=C\c1ccc(F)cc1.O=C(O)c1nn(-c2ccc(Cl)cc2Cl)c2c1CCCC/C2=C\c1ccc(F)cc1.O=S(Cl)Cl. The van der Waals surface area contributed by atoms with Crippen LogP contribution in [-0.2, 0) is 22.1 Å². The van der Waals surface area contributed by atoms with Gasteiger partial charge in [-0.05, 0) is 158 Å². The summed E-state index contributed by atoms with van der Waals surface area (Å²) in [5.41, 5.74) is 8.10. The van der Waals surface area contributed by atoms with Crippen molar-refractivity contribution in [3.63, 3.8) is 0 Å². The normalized spacial score (nSPS) is 14.8. The van der Waals surface area contributed by atoms with Gasteiger partial charge in [-0.3, -0.25) is 4.79 Å². The number of carbonyl (C=O) groups is 2. The smallest absolute Gasteiger partial charge is 0.356 e. The molecule has 6 aromatic rings. The van der Waals surface area contributed by atoms with E-state index in [4.69, 9.17) is 62.2 Å². The Bertz CT molecular complexity index is 2540. The van der Waals surface area contributed by atoms with Crippen molar-refractivity contribution in [1.82, 2.24) is 19.6 Å². The van der Waals surface area contributed by atoms with Gasteiger partial charge in [-0.15, -0.1) is 0 Å². The third-order valence-electron chi connectivity index (χ3n) is 9.91. The molecule has 0 spiro atoms. The molecule has 0 fully saturated rings. The number of aromatic carboxylic acids is 1. The molecule has 1 N–H and O–H groups in total. The van der Waals surface area contributed by atoms with Gasteiger partial charge in [0.1, 0.15) is 17.3 Å². The van der Waals surface area contributed by atoms with E-state index in [0.29, 0.717) is 49.9 Å². The van der Waals surface area contributed by atoms with Crippen molar-refractivity contribution < 1.29 is 27.7 Å². The summed E-state index contributed by atoms with van der Waals surface area (Å²) in [5.74, 6) is -1.67. The minimum Gasteiger partial charge on any atom is -0.476 e. The Labute approximate surface area is 392 Å². The van der Waals surface area contributed by atoms with Crippen LogP contribution in [0.2, 0.25) is 20.1 Å². The molecule has 8 rings (SSSR count). The molecule has 0 aliphatic heterocycles. The quantitative estimate of drug-likeness (QED) is 0.132. The largest absolute Gasteiger partial charge is 0.476 e. The van der Waals surface area contributed by atoms with Crippen molar-refractivity contribution in [3.05, 3.63) is 162 Å². The zero-order chi connectivity index (χ0) is 44.7. The third kappa shape index (κ3) is 11.7. The molecule has 18 heteroatoms. The average molecular weight is 1000 g/mol. The highest BCUT2D eigenvalue weighted by Crippen LogP contribution is 2.39.